The fourth-order valence-electron chi connectivity index (χ4n) is 1.75. The summed E-state index contributed by atoms with van der Waals surface area (Å²) in [7, 11) is 1.93. The summed E-state index contributed by atoms with van der Waals surface area (Å²) in [6.45, 7) is 1.35. The highest BCUT2D eigenvalue weighted by Gasteiger charge is 2.10. The molecule has 3 N–H and O–H groups in total. The van der Waals surface area contributed by atoms with Gasteiger partial charge in [-0.25, -0.2) is 0 Å². The van der Waals surface area contributed by atoms with Gasteiger partial charge in [-0.2, -0.15) is 5.10 Å². The van der Waals surface area contributed by atoms with Gasteiger partial charge in [0.25, 0.3) is 0 Å². The minimum absolute atomic E-state index is 0.604. The smallest absolute Gasteiger partial charge is 0.0911 e. The minimum Gasteiger partial charge on any atom is -0.381 e. The number of aryl methyl sites for hydroxylation is 1. The molecule has 1 heterocycles. The number of benzene rings is 1. The lowest BCUT2D eigenvalue weighted by Crippen LogP contribution is -2.13. The summed E-state index contributed by atoms with van der Waals surface area (Å²) in [6.07, 6.45) is 1.83. The third-order valence-electron chi connectivity index (χ3n) is 2.50. The zero-order valence-electron chi connectivity index (χ0n) is 9.65. The van der Waals surface area contributed by atoms with Crippen molar-refractivity contribution >= 4 is 21.6 Å². The first-order chi connectivity index (χ1) is 8.22. The molecule has 5 heteroatoms. The molecule has 90 valence electrons. The Bertz CT molecular complexity index is 507. The van der Waals surface area contributed by atoms with Crippen LogP contribution in [0.4, 0.5) is 5.69 Å². The standard InChI is InChI=1S/C12H15BrN4/c1-17-12(9-3-2-4-10(13)7-9)11(8-16-17)15-6-5-14/h2-4,7-8,15H,5-6,14H2,1H3. The predicted molar refractivity (Wildman–Crippen MR) is 73.9 cm³/mol. The van der Waals surface area contributed by atoms with Crippen LogP contribution in [0.15, 0.2) is 34.9 Å². The fraction of sp³-hybridized carbons (Fsp3) is 0.250. The Morgan fingerprint density at radius 1 is 1.47 bits per heavy atom. The SMILES string of the molecule is Cn1ncc(NCCN)c1-c1cccc(Br)c1. The van der Waals surface area contributed by atoms with Crippen molar-refractivity contribution in [2.45, 2.75) is 0 Å². The zero-order chi connectivity index (χ0) is 12.3. The van der Waals surface area contributed by atoms with Crippen molar-refractivity contribution in [3.63, 3.8) is 0 Å². The van der Waals surface area contributed by atoms with Gasteiger partial charge in [0.05, 0.1) is 17.6 Å². The van der Waals surface area contributed by atoms with Crippen LogP contribution in [-0.2, 0) is 7.05 Å². The number of rotatable bonds is 4. The Hall–Kier alpha value is -1.33. The maximum atomic E-state index is 5.50. The van der Waals surface area contributed by atoms with Crippen LogP contribution in [0.5, 0.6) is 0 Å². The molecule has 0 aliphatic heterocycles. The van der Waals surface area contributed by atoms with E-state index in [9.17, 15) is 0 Å². The first-order valence-electron chi connectivity index (χ1n) is 5.44. The van der Waals surface area contributed by atoms with Crippen molar-refractivity contribution in [3.05, 3.63) is 34.9 Å². The van der Waals surface area contributed by atoms with E-state index in [4.69, 9.17) is 5.73 Å². The van der Waals surface area contributed by atoms with E-state index in [0.717, 1.165) is 28.0 Å². The van der Waals surface area contributed by atoms with Crippen molar-refractivity contribution in [1.82, 2.24) is 9.78 Å². The van der Waals surface area contributed by atoms with Gasteiger partial charge in [0.2, 0.25) is 0 Å². The Labute approximate surface area is 109 Å². The largest absolute Gasteiger partial charge is 0.381 e. The van der Waals surface area contributed by atoms with Gasteiger partial charge in [0.15, 0.2) is 0 Å². The Balaban J connectivity index is 2.39. The summed E-state index contributed by atoms with van der Waals surface area (Å²) in [5, 5.41) is 7.55. The number of nitrogens with zero attached hydrogens (tertiary/aromatic N) is 2. The van der Waals surface area contributed by atoms with E-state index in [1.165, 1.54) is 0 Å². The van der Waals surface area contributed by atoms with Crippen molar-refractivity contribution in [3.8, 4) is 11.3 Å². The van der Waals surface area contributed by atoms with Crippen molar-refractivity contribution in [1.29, 1.82) is 0 Å². The maximum Gasteiger partial charge on any atom is 0.0911 e. The normalized spacial score (nSPS) is 10.5. The molecule has 0 atom stereocenters. The number of aromatic nitrogens is 2. The van der Waals surface area contributed by atoms with Crippen LogP contribution in [0.2, 0.25) is 0 Å². The first kappa shape index (κ1) is 12.1. The third kappa shape index (κ3) is 2.68. The molecule has 0 aliphatic rings. The Morgan fingerprint density at radius 2 is 2.29 bits per heavy atom. The van der Waals surface area contributed by atoms with Gasteiger partial charge in [-0.15, -0.1) is 0 Å². The molecule has 17 heavy (non-hydrogen) atoms. The average Bonchev–Trinajstić information content (AvgIpc) is 2.68. The first-order valence-corrected chi connectivity index (χ1v) is 6.23. The summed E-state index contributed by atoms with van der Waals surface area (Å²) in [4.78, 5) is 0. The second kappa shape index (κ2) is 5.33. The second-order valence-corrected chi connectivity index (χ2v) is 4.67. The molecule has 0 radical (unpaired) electrons. The quantitative estimate of drug-likeness (QED) is 0.909. The van der Waals surface area contributed by atoms with Gasteiger partial charge in [-0.05, 0) is 12.1 Å². The van der Waals surface area contributed by atoms with Crippen LogP contribution >= 0.6 is 15.9 Å². The van der Waals surface area contributed by atoms with Gasteiger partial charge in [-0.3, -0.25) is 4.68 Å². The molecular formula is C12H15BrN4. The van der Waals surface area contributed by atoms with E-state index in [0.29, 0.717) is 6.54 Å². The van der Waals surface area contributed by atoms with Crippen LogP contribution in [0.25, 0.3) is 11.3 Å². The molecule has 2 rings (SSSR count). The third-order valence-corrected chi connectivity index (χ3v) is 2.99. The summed E-state index contributed by atoms with van der Waals surface area (Å²) in [5.41, 5.74) is 8.70. The summed E-state index contributed by atoms with van der Waals surface area (Å²) in [6, 6.07) is 8.16. The summed E-state index contributed by atoms with van der Waals surface area (Å²) < 4.78 is 2.92. The second-order valence-electron chi connectivity index (χ2n) is 3.76. The van der Waals surface area contributed by atoms with E-state index >= 15 is 0 Å². The number of hydrogen-bond acceptors (Lipinski definition) is 3. The molecule has 0 amide bonds. The molecule has 0 fully saturated rings. The summed E-state index contributed by atoms with van der Waals surface area (Å²) in [5.74, 6) is 0. The lowest BCUT2D eigenvalue weighted by atomic mass is 10.1. The molecule has 0 aliphatic carbocycles. The molecule has 0 saturated carbocycles. The van der Waals surface area contributed by atoms with Crippen molar-refractivity contribution < 1.29 is 0 Å². The Morgan fingerprint density at radius 3 is 3.00 bits per heavy atom. The van der Waals surface area contributed by atoms with E-state index in [1.807, 2.05) is 30.1 Å². The number of anilines is 1. The van der Waals surface area contributed by atoms with E-state index in [1.54, 1.807) is 0 Å². The molecule has 0 unspecified atom stereocenters. The lowest BCUT2D eigenvalue weighted by molar-refractivity contribution is 0.776. The molecule has 1 aromatic carbocycles. The van der Waals surface area contributed by atoms with E-state index in [-0.39, 0.29) is 0 Å². The van der Waals surface area contributed by atoms with E-state index in [2.05, 4.69) is 38.5 Å². The molecule has 1 aromatic heterocycles. The maximum absolute atomic E-state index is 5.50. The Kier molecular flexibility index (Phi) is 3.81. The van der Waals surface area contributed by atoms with Crippen LogP contribution in [0, 0.1) is 0 Å². The van der Waals surface area contributed by atoms with Gasteiger partial charge >= 0.3 is 0 Å². The average molecular weight is 295 g/mol. The number of halogens is 1. The highest BCUT2D eigenvalue weighted by atomic mass is 79.9. The van der Waals surface area contributed by atoms with Crippen molar-refractivity contribution in [2.75, 3.05) is 18.4 Å². The van der Waals surface area contributed by atoms with Gasteiger partial charge in [-0.1, -0.05) is 28.1 Å². The van der Waals surface area contributed by atoms with Gasteiger partial charge < -0.3 is 11.1 Å². The molecule has 2 aromatic rings. The molecule has 4 nitrogen and oxygen atoms in total. The molecular weight excluding hydrogens is 280 g/mol. The number of nitrogens with two attached hydrogens (primary N) is 1. The van der Waals surface area contributed by atoms with Gasteiger partial charge in [0.1, 0.15) is 0 Å². The van der Waals surface area contributed by atoms with Crippen LogP contribution in [0.1, 0.15) is 0 Å². The number of hydrogen-bond donors (Lipinski definition) is 2. The van der Waals surface area contributed by atoms with Gasteiger partial charge in [0, 0.05) is 30.2 Å². The topological polar surface area (TPSA) is 55.9 Å². The van der Waals surface area contributed by atoms with Crippen LogP contribution < -0.4 is 11.1 Å². The summed E-state index contributed by atoms with van der Waals surface area (Å²) >= 11 is 3.48. The molecule has 0 spiro atoms. The van der Waals surface area contributed by atoms with E-state index < -0.39 is 0 Å². The minimum atomic E-state index is 0.604. The number of nitrogens with one attached hydrogen (secondary N) is 1. The predicted octanol–water partition coefficient (Wildman–Crippen LogP) is 2.22. The zero-order valence-corrected chi connectivity index (χ0v) is 11.2. The monoisotopic (exact) mass is 294 g/mol. The molecule has 0 bridgehead atoms. The lowest BCUT2D eigenvalue weighted by Gasteiger charge is -2.08. The highest BCUT2D eigenvalue weighted by Crippen LogP contribution is 2.28. The molecule has 0 saturated heterocycles. The fourth-order valence-corrected chi connectivity index (χ4v) is 2.15. The highest BCUT2D eigenvalue weighted by molar-refractivity contribution is 9.10. The van der Waals surface area contributed by atoms with Crippen LogP contribution in [-0.4, -0.2) is 22.9 Å². The van der Waals surface area contributed by atoms with Crippen molar-refractivity contribution in [2.24, 2.45) is 12.8 Å². The van der Waals surface area contributed by atoms with Crippen LogP contribution in [0.3, 0.4) is 0 Å².